The maximum Gasteiger partial charge on any atom is 0.134 e. The van der Waals surface area contributed by atoms with E-state index in [4.69, 9.17) is 5.26 Å². The molecule has 3 N–H and O–H groups in total. The van der Waals surface area contributed by atoms with Gasteiger partial charge in [-0.05, 0) is 0 Å². The van der Waals surface area contributed by atoms with Gasteiger partial charge in [0, 0.05) is 0 Å². The summed E-state index contributed by atoms with van der Waals surface area (Å²) in [5.74, 6) is -0.514. The van der Waals surface area contributed by atoms with E-state index >= 15 is 0 Å². The lowest BCUT2D eigenvalue weighted by atomic mass is 10.4. The quantitative estimate of drug-likeness (QED) is 0.464. The molecule has 0 heterocycles. The van der Waals surface area contributed by atoms with Gasteiger partial charge in [0.2, 0.25) is 0 Å². The molecule has 0 saturated carbocycles. The zero-order valence-corrected chi connectivity index (χ0v) is 6.19. The lowest BCUT2D eigenvalue weighted by Gasteiger charge is -2.06. The van der Waals surface area contributed by atoms with Gasteiger partial charge in [-0.1, -0.05) is 0 Å². The van der Waals surface area contributed by atoms with E-state index < -0.39 is 12.0 Å². The lowest BCUT2D eigenvalue weighted by molar-refractivity contribution is -0.431. The minimum Gasteiger partial charge on any atom is -0.544 e. The molecule has 0 fully saturated rings. The van der Waals surface area contributed by atoms with Gasteiger partial charge in [-0.25, -0.2) is 0 Å². The Hall–Kier alpha value is -0.730. The highest BCUT2D eigenvalue weighted by atomic mass is 32.2. The Morgan fingerprint density at radius 1 is 1.90 bits per heavy atom. The molecular formula is C5H8N2O2S. The van der Waals surface area contributed by atoms with Crippen LogP contribution in [0.15, 0.2) is 0 Å². The van der Waals surface area contributed by atoms with E-state index in [-0.39, 0.29) is 0 Å². The first-order valence-electron chi connectivity index (χ1n) is 2.67. The van der Waals surface area contributed by atoms with Crippen LogP contribution < -0.4 is 10.8 Å². The largest absolute Gasteiger partial charge is 0.544 e. The molecule has 56 valence electrons. The van der Waals surface area contributed by atoms with E-state index in [2.05, 4.69) is 5.73 Å². The first kappa shape index (κ1) is 9.27. The number of hydrogen-bond donors (Lipinski definition) is 1. The molecule has 0 aliphatic rings. The van der Waals surface area contributed by atoms with Crippen LogP contribution in [0.2, 0.25) is 0 Å². The van der Waals surface area contributed by atoms with Gasteiger partial charge in [0.1, 0.15) is 6.04 Å². The fraction of sp³-hybridized carbons (Fsp3) is 0.600. The molecule has 4 nitrogen and oxygen atoms in total. The number of carboxylic acid groups (broad SMARTS) is 1. The highest BCUT2D eigenvalue weighted by molar-refractivity contribution is 7.99. The lowest BCUT2D eigenvalue weighted by Crippen LogP contribution is -2.69. The molecule has 0 bridgehead atoms. The Morgan fingerprint density at radius 3 is 2.90 bits per heavy atom. The van der Waals surface area contributed by atoms with Crippen LogP contribution in [-0.4, -0.2) is 23.5 Å². The normalized spacial score (nSPS) is 12.0. The van der Waals surface area contributed by atoms with E-state index in [0.717, 1.165) is 0 Å². The number of aliphatic carboxylic acids is 1. The van der Waals surface area contributed by atoms with Crippen molar-refractivity contribution in [2.45, 2.75) is 6.04 Å². The summed E-state index contributed by atoms with van der Waals surface area (Å²) in [6.07, 6.45) is 0. The Morgan fingerprint density at radius 2 is 2.50 bits per heavy atom. The van der Waals surface area contributed by atoms with E-state index in [9.17, 15) is 9.90 Å². The summed E-state index contributed by atoms with van der Waals surface area (Å²) < 4.78 is 0. The predicted molar refractivity (Wildman–Crippen MR) is 34.6 cm³/mol. The van der Waals surface area contributed by atoms with Crippen molar-refractivity contribution in [1.82, 2.24) is 0 Å². The summed E-state index contributed by atoms with van der Waals surface area (Å²) in [4.78, 5) is 10.0. The van der Waals surface area contributed by atoms with Gasteiger partial charge in [-0.15, -0.1) is 11.8 Å². The summed E-state index contributed by atoms with van der Waals surface area (Å²) in [6, 6.07) is 1.17. The summed E-state index contributed by atoms with van der Waals surface area (Å²) in [5, 5.41) is 18.1. The minimum absolute atomic E-state index is 0.305. The van der Waals surface area contributed by atoms with Crippen molar-refractivity contribution in [3.05, 3.63) is 0 Å². The fourth-order valence-electron chi connectivity index (χ4n) is 0.315. The summed E-state index contributed by atoms with van der Waals surface area (Å²) >= 11 is 1.25. The van der Waals surface area contributed by atoms with Crippen LogP contribution in [0.4, 0.5) is 0 Å². The van der Waals surface area contributed by atoms with E-state index in [1.807, 2.05) is 6.07 Å². The maximum absolute atomic E-state index is 10.0. The van der Waals surface area contributed by atoms with Crippen molar-refractivity contribution in [2.75, 3.05) is 11.5 Å². The van der Waals surface area contributed by atoms with Crippen LogP contribution in [0.1, 0.15) is 0 Å². The monoisotopic (exact) mass is 160 g/mol. The fourth-order valence-corrected chi connectivity index (χ4v) is 0.945. The van der Waals surface area contributed by atoms with Crippen molar-refractivity contribution in [2.24, 2.45) is 0 Å². The van der Waals surface area contributed by atoms with Crippen LogP contribution in [0.3, 0.4) is 0 Å². The molecule has 0 aliphatic carbocycles. The van der Waals surface area contributed by atoms with Crippen LogP contribution in [-0.2, 0) is 4.79 Å². The number of thioether (sulfide) groups is 1. The Balaban J connectivity index is 3.32. The number of carboxylic acids is 1. The second-order valence-electron chi connectivity index (χ2n) is 1.69. The molecule has 10 heavy (non-hydrogen) atoms. The second kappa shape index (κ2) is 5.09. The van der Waals surface area contributed by atoms with Gasteiger partial charge in [0.25, 0.3) is 0 Å². The van der Waals surface area contributed by atoms with Gasteiger partial charge < -0.3 is 15.6 Å². The van der Waals surface area contributed by atoms with Crippen LogP contribution in [0.25, 0.3) is 0 Å². The Bertz CT molecular complexity index is 154. The highest BCUT2D eigenvalue weighted by Gasteiger charge is 2.05. The van der Waals surface area contributed by atoms with Gasteiger partial charge in [0.15, 0.2) is 0 Å². The van der Waals surface area contributed by atoms with Crippen LogP contribution >= 0.6 is 11.8 Å². The van der Waals surface area contributed by atoms with E-state index in [1.165, 1.54) is 11.8 Å². The average Bonchev–Trinajstić information content (AvgIpc) is 1.88. The van der Waals surface area contributed by atoms with Gasteiger partial charge in [-0.3, -0.25) is 0 Å². The molecule has 0 unspecified atom stereocenters. The topological polar surface area (TPSA) is 91.6 Å². The van der Waals surface area contributed by atoms with Crippen molar-refractivity contribution < 1.29 is 15.6 Å². The average molecular weight is 160 g/mol. The van der Waals surface area contributed by atoms with E-state index in [0.29, 0.717) is 11.5 Å². The van der Waals surface area contributed by atoms with Crippen molar-refractivity contribution in [3.8, 4) is 6.07 Å². The molecule has 0 aromatic carbocycles. The number of nitrogens with zero attached hydrogens (tertiary/aromatic N) is 1. The summed E-state index contributed by atoms with van der Waals surface area (Å²) in [5.41, 5.74) is 3.32. The maximum atomic E-state index is 10.0. The second-order valence-corrected chi connectivity index (χ2v) is 2.72. The zero-order chi connectivity index (χ0) is 7.98. The number of carbonyl (C=O) groups is 1. The smallest absolute Gasteiger partial charge is 0.134 e. The van der Waals surface area contributed by atoms with Crippen LogP contribution in [0.5, 0.6) is 0 Å². The third-order valence-electron chi connectivity index (χ3n) is 0.819. The van der Waals surface area contributed by atoms with Crippen molar-refractivity contribution >= 4 is 17.7 Å². The van der Waals surface area contributed by atoms with Gasteiger partial charge in [-0.2, -0.15) is 5.26 Å². The highest BCUT2D eigenvalue weighted by Crippen LogP contribution is 1.97. The predicted octanol–water partition coefficient (Wildman–Crippen LogP) is -2.40. The number of rotatable bonds is 4. The SMILES string of the molecule is N#CCSC[C@H]([NH3+])C(=O)[O-]. The Kier molecular flexibility index (Phi) is 4.72. The molecule has 0 aromatic heterocycles. The van der Waals surface area contributed by atoms with Gasteiger partial charge >= 0.3 is 0 Å². The molecular weight excluding hydrogens is 152 g/mol. The third kappa shape index (κ3) is 4.18. The van der Waals surface area contributed by atoms with Gasteiger partial charge in [0.05, 0.1) is 23.5 Å². The summed E-state index contributed by atoms with van der Waals surface area (Å²) in [7, 11) is 0. The molecule has 0 amide bonds. The number of quaternary nitrogens is 1. The molecule has 1 atom stereocenters. The molecule has 0 radical (unpaired) electrons. The number of nitriles is 1. The van der Waals surface area contributed by atoms with Crippen LogP contribution in [0, 0.1) is 11.3 Å². The molecule has 0 aliphatic heterocycles. The standard InChI is InChI=1S/C5H8N2O2S/c6-1-2-10-3-4(7)5(8)9/h4H,2-3,7H2,(H,8,9)/t4-/m0/s1. The minimum atomic E-state index is -1.16. The number of hydrogen-bond acceptors (Lipinski definition) is 4. The number of carbonyl (C=O) groups excluding carboxylic acids is 1. The first-order chi connectivity index (χ1) is 4.68. The molecule has 5 heteroatoms. The summed E-state index contributed by atoms with van der Waals surface area (Å²) in [6.45, 7) is 0. The molecule has 0 spiro atoms. The first-order valence-corrected chi connectivity index (χ1v) is 3.82. The Labute approximate surface area is 63.0 Å². The van der Waals surface area contributed by atoms with Crippen molar-refractivity contribution in [1.29, 1.82) is 5.26 Å². The third-order valence-corrected chi connectivity index (χ3v) is 1.79. The molecule has 0 aromatic rings. The molecule has 0 saturated heterocycles. The molecule has 0 rings (SSSR count). The van der Waals surface area contributed by atoms with E-state index in [1.54, 1.807) is 0 Å². The van der Waals surface area contributed by atoms with Crippen molar-refractivity contribution in [3.63, 3.8) is 0 Å². The zero-order valence-electron chi connectivity index (χ0n) is 5.37.